The average molecular weight is 524 g/mol. The molecule has 0 saturated heterocycles. The fourth-order valence-corrected chi connectivity index (χ4v) is 5.09. The Morgan fingerprint density at radius 2 is 1.65 bits per heavy atom. The van der Waals surface area contributed by atoms with Crippen molar-refractivity contribution in [3.05, 3.63) is 66.0 Å². The first kappa shape index (κ1) is 26.0. The second-order valence-corrected chi connectivity index (χ2v) is 10.7. The molecule has 2 atom stereocenters. The van der Waals surface area contributed by atoms with Crippen LogP contribution in [0.4, 0.5) is 5.95 Å². The van der Waals surface area contributed by atoms with Crippen molar-refractivity contribution in [3.63, 3.8) is 0 Å². The zero-order valence-electron chi connectivity index (χ0n) is 21.5. The van der Waals surface area contributed by atoms with E-state index in [4.69, 9.17) is 9.47 Å². The lowest BCUT2D eigenvalue weighted by Gasteiger charge is -2.21. The molecule has 0 radical (unpaired) electrons. The Labute approximate surface area is 216 Å². The summed E-state index contributed by atoms with van der Waals surface area (Å²) in [5.74, 6) is 0.786. The summed E-state index contributed by atoms with van der Waals surface area (Å²) < 4.78 is 42.5. The number of nitrogens with one attached hydrogen (secondary N) is 1. The van der Waals surface area contributed by atoms with Gasteiger partial charge in [-0.25, -0.2) is 8.42 Å². The van der Waals surface area contributed by atoms with Crippen molar-refractivity contribution < 1.29 is 17.9 Å². The quantitative estimate of drug-likeness (QED) is 0.348. The van der Waals surface area contributed by atoms with Gasteiger partial charge in [-0.2, -0.15) is 0 Å². The lowest BCUT2D eigenvalue weighted by molar-refractivity contribution is 0.391. The first-order chi connectivity index (χ1) is 17.7. The van der Waals surface area contributed by atoms with Crippen LogP contribution < -0.4 is 14.2 Å². The van der Waals surface area contributed by atoms with Crippen molar-refractivity contribution in [3.8, 4) is 28.6 Å². The highest BCUT2D eigenvalue weighted by Crippen LogP contribution is 2.38. The maximum atomic E-state index is 13.6. The molecule has 3 heterocycles. The molecule has 0 aliphatic heterocycles. The van der Waals surface area contributed by atoms with Gasteiger partial charge in [0.1, 0.15) is 17.2 Å². The van der Waals surface area contributed by atoms with E-state index in [1.54, 1.807) is 61.4 Å². The molecule has 0 spiro atoms. The highest BCUT2D eigenvalue weighted by Gasteiger charge is 2.32. The molecule has 0 saturated carbocycles. The number of aromatic nitrogens is 6. The van der Waals surface area contributed by atoms with Gasteiger partial charge in [0.2, 0.25) is 16.0 Å². The fraction of sp³-hybridized carbons (Fsp3) is 0.320. The highest BCUT2D eigenvalue weighted by atomic mass is 32.2. The van der Waals surface area contributed by atoms with Gasteiger partial charge in [-0.3, -0.25) is 24.2 Å². The molecule has 0 aliphatic carbocycles. The van der Waals surface area contributed by atoms with E-state index >= 15 is 0 Å². The SMILES string of the molecule is COc1cccc(OC)c1-n1c(NS(=O)(=O)[C@@H](C)[C@H](C)c2cnc(C)cn2)nnc1-c1cncc(C)c1. The van der Waals surface area contributed by atoms with Crippen LogP contribution in [-0.4, -0.2) is 57.6 Å². The summed E-state index contributed by atoms with van der Waals surface area (Å²) in [6.07, 6.45) is 6.56. The second kappa shape index (κ2) is 10.5. The summed E-state index contributed by atoms with van der Waals surface area (Å²) >= 11 is 0. The van der Waals surface area contributed by atoms with E-state index in [1.165, 1.54) is 14.2 Å². The van der Waals surface area contributed by atoms with Gasteiger partial charge in [0.15, 0.2) is 5.82 Å². The fourth-order valence-electron chi connectivity index (χ4n) is 3.85. The van der Waals surface area contributed by atoms with E-state index in [-0.39, 0.29) is 5.95 Å². The van der Waals surface area contributed by atoms with E-state index in [1.807, 2.05) is 19.9 Å². The Morgan fingerprint density at radius 3 is 2.24 bits per heavy atom. The van der Waals surface area contributed by atoms with Crippen molar-refractivity contribution in [2.45, 2.75) is 38.9 Å². The third kappa shape index (κ3) is 5.24. The van der Waals surface area contributed by atoms with Gasteiger partial charge in [0, 0.05) is 36.3 Å². The number of nitrogens with zero attached hydrogens (tertiary/aromatic N) is 6. The Kier molecular flexibility index (Phi) is 7.39. The number of benzene rings is 1. The number of ether oxygens (including phenoxy) is 2. The summed E-state index contributed by atoms with van der Waals surface area (Å²) in [5.41, 5.74) is 3.31. The largest absolute Gasteiger partial charge is 0.494 e. The number of methoxy groups -OCH3 is 2. The molecule has 0 aliphatic rings. The number of pyridine rings is 1. The normalized spacial score (nSPS) is 13.1. The minimum absolute atomic E-state index is 0.0200. The monoisotopic (exact) mass is 523 g/mol. The predicted octanol–water partition coefficient (Wildman–Crippen LogP) is 3.69. The number of sulfonamides is 1. The van der Waals surface area contributed by atoms with Gasteiger partial charge in [-0.1, -0.05) is 13.0 Å². The van der Waals surface area contributed by atoms with Gasteiger partial charge in [0.05, 0.1) is 30.9 Å². The molecular weight excluding hydrogens is 494 g/mol. The van der Waals surface area contributed by atoms with Crippen LogP contribution in [0.3, 0.4) is 0 Å². The Morgan fingerprint density at radius 1 is 0.946 bits per heavy atom. The van der Waals surface area contributed by atoms with Crippen LogP contribution in [0.25, 0.3) is 17.1 Å². The lowest BCUT2D eigenvalue weighted by Crippen LogP contribution is -2.31. The standard InChI is InChI=1S/C25H29N7O4S/c1-15-10-19(13-26-11-15)24-29-30-25(32(24)23-21(35-5)8-7-9-22(23)36-6)31-37(33,34)18(4)17(3)20-14-27-16(2)12-28-20/h7-14,17-18H,1-6H3,(H,30,31)/t17-,18-/m0/s1. The smallest absolute Gasteiger partial charge is 0.243 e. The molecule has 0 unspecified atom stereocenters. The van der Waals surface area contributed by atoms with Crippen molar-refractivity contribution in [2.24, 2.45) is 0 Å². The first-order valence-electron chi connectivity index (χ1n) is 11.5. The third-order valence-corrected chi connectivity index (χ3v) is 7.97. The van der Waals surface area contributed by atoms with E-state index in [2.05, 4.69) is 29.9 Å². The van der Waals surface area contributed by atoms with Crippen LogP contribution in [0.15, 0.2) is 49.1 Å². The van der Waals surface area contributed by atoms with E-state index in [0.717, 1.165) is 11.3 Å². The maximum absolute atomic E-state index is 13.6. The molecule has 194 valence electrons. The van der Waals surface area contributed by atoms with E-state index < -0.39 is 21.2 Å². The van der Waals surface area contributed by atoms with Crippen LogP contribution in [0, 0.1) is 13.8 Å². The number of aryl methyl sites for hydroxylation is 2. The minimum atomic E-state index is -3.96. The highest BCUT2D eigenvalue weighted by molar-refractivity contribution is 7.93. The molecule has 4 rings (SSSR count). The maximum Gasteiger partial charge on any atom is 0.243 e. The Hall–Kier alpha value is -4.06. The van der Waals surface area contributed by atoms with Gasteiger partial charge in [-0.15, -0.1) is 10.2 Å². The second-order valence-electron chi connectivity index (χ2n) is 8.67. The predicted molar refractivity (Wildman–Crippen MR) is 140 cm³/mol. The number of para-hydroxylation sites is 1. The molecule has 3 aromatic heterocycles. The molecule has 0 fully saturated rings. The summed E-state index contributed by atoms with van der Waals surface area (Å²) in [5, 5.41) is 7.68. The molecule has 1 aromatic carbocycles. The molecule has 1 N–H and O–H groups in total. The van der Waals surface area contributed by atoms with Crippen LogP contribution >= 0.6 is 0 Å². The Bertz CT molecular complexity index is 1480. The zero-order valence-corrected chi connectivity index (χ0v) is 22.3. The molecule has 12 heteroatoms. The summed E-state index contributed by atoms with van der Waals surface area (Å²) in [7, 11) is -0.915. The molecular formula is C25H29N7O4S. The lowest BCUT2D eigenvalue weighted by atomic mass is 10.1. The van der Waals surface area contributed by atoms with Crippen LogP contribution in [0.5, 0.6) is 11.5 Å². The average Bonchev–Trinajstić information content (AvgIpc) is 3.29. The van der Waals surface area contributed by atoms with Crippen LogP contribution in [0.2, 0.25) is 0 Å². The van der Waals surface area contributed by atoms with Gasteiger partial charge < -0.3 is 9.47 Å². The van der Waals surface area contributed by atoms with Crippen LogP contribution in [-0.2, 0) is 10.0 Å². The summed E-state index contributed by atoms with van der Waals surface area (Å²) in [4.78, 5) is 12.9. The van der Waals surface area contributed by atoms with Crippen molar-refractivity contribution >= 4 is 16.0 Å². The van der Waals surface area contributed by atoms with E-state index in [9.17, 15) is 8.42 Å². The number of hydrogen-bond donors (Lipinski definition) is 1. The number of hydrogen-bond acceptors (Lipinski definition) is 9. The van der Waals surface area contributed by atoms with Crippen molar-refractivity contribution in [2.75, 3.05) is 18.9 Å². The number of anilines is 1. The van der Waals surface area contributed by atoms with Crippen LogP contribution in [0.1, 0.15) is 36.7 Å². The zero-order chi connectivity index (χ0) is 26.7. The van der Waals surface area contributed by atoms with Gasteiger partial charge >= 0.3 is 0 Å². The topological polar surface area (TPSA) is 134 Å². The molecule has 37 heavy (non-hydrogen) atoms. The van der Waals surface area contributed by atoms with Gasteiger partial charge in [0.25, 0.3) is 0 Å². The molecule has 0 bridgehead atoms. The summed E-state index contributed by atoms with van der Waals surface area (Å²) in [6.45, 7) is 7.14. The third-order valence-electron chi connectivity index (χ3n) is 6.12. The molecule has 11 nitrogen and oxygen atoms in total. The molecule has 4 aromatic rings. The van der Waals surface area contributed by atoms with E-state index in [0.29, 0.717) is 34.3 Å². The minimum Gasteiger partial charge on any atom is -0.494 e. The van der Waals surface area contributed by atoms with Crippen molar-refractivity contribution in [1.29, 1.82) is 0 Å². The molecule has 0 amide bonds. The Balaban J connectivity index is 1.83. The van der Waals surface area contributed by atoms with Gasteiger partial charge in [-0.05, 0) is 44.5 Å². The number of rotatable bonds is 9. The first-order valence-corrected chi connectivity index (χ1v) is 13.1. The summed E-state index contributed by atoms with van der Waals surface area (Å²) in [6, 6.07) is 7.15. The van der Waals surface area contributed by atoms with Crippen molar-refractivity contribution in [1.82, 2.24) is 29.7 Å².